The number of ether oxygens (including phenoxy) is 1. The van der Waals surface area contributed by atoms with E-state index < -0.39 is 0 Å². The molecular formula is C16H19N5O2. The molecule has 1 amide bonds. The van der Waals surface area contributed by atoms with Crippen LogP contribution in [0.3, 0.4) is 0 Å². The number of rotatable bonds is 4. The number of nitrogens with one attached hydrogen (secondary N) is 2. The summed E-state index contributed by atoms with van der Waals surface area (Å²) in [5, 5.41) is 5.98. The molecule has 0 aliphatic carbocycles. The van der Waals surface area contributed by atoms with Gasteiger partial charge >= 0.3 is 0 Å². The number of morpholine rings is 1. The highest BCUT2D eigenvalue weighted by Gasteiger charge is 2.13. The van der Waals surface area contributed by atoms with Crippen molar-refractivity contribution in [3.63, 3.8) is 0 Å². The van der Waals surface area contributed by atoms with Gasteiger partial charge in [-0.05, 0) is 30.3 Å². The minimum absolute atomic E-state index is 0.0864. The molecule has 0 radical (unpaired) electrons. The van der Waals surface area contributed by atoms with Crippen LogP contribution in [0.1, 0.15) is 6.92 Å². The van der Waals surface area contributed by atoms with Crippen LogP contribution in [0.15, 0.2) is 36.5 Å². The molecule has 0 saturated carbocycles. The molecule has 23 heavy (non-hydrogen) atoms. The lowest BCUT2D eigenvalue weighted by atomic mass is 10.2. The molecule has 0 atom stereocenters. The Hall–Kier alpha value is -2.67. The highest BCUT2D eigenvalue weighted by atomic mass is 16.5. The van der Waals surface area contributed by atoms with Gasteiger partial charge < -0.3 is 20.3 Å². The number of nitrogens with zero attached hydrogens (tertiary/aromatic N) is 3. The molecule has 120 valence electrons. The minimum atomic E-state index is -0.0864. The molecule has 1 saturated heterocycles. The van der Waals surface area contributed by atoms with Crippen molar-refractivity contribution >= 4 is 29.0 Å². The summed E-state index contributed by atoms with van der Waals surface area (Å²) in [6.07, 6.45) is 1.74. The first-order valence-corrected chi connectivity index (χ1v) is 7.51. The smallest absolute Gasteiger partial charge is 0.227 e. The lowest BCUT2D eigenvalue weighted by Crippen LogP contribution is -2.37. The Morgan fingerprint density at radius 3 is 2.52 bits per heavy atom. The number of benzene rings is 1. The van der Waals surface area contributed by atoms with Gasteiger partial charge in [0.15, 0.2) is 0 Å². The van der Waals surface area contributed by atoms with Crippen LogP contribution in [-0.4, -0.2) is 42.2 Å². The SMILES string of the molecule is CC(=O)Nc1ccc(Nc2ccnc(N3CCOCC3)n2)cc1. The molecule has 1 aliphatic rings. The molecule has 7 heteroatoms. The van der Waals surface area contributed by atoms with Crippen LogP contribution in [0.25, 0.3) is 0 Å². The van der Waals surface area contributed by atoms with Crippen molar-refractivity contribution < 1.29 is 9.53 Å². The standard InChI is InChI=1S/C16H19N5O2/c1-12(22)18-13-2-4-14(5-3-13)19-15-6-7-17-16(20-15)21-8-10-23-11-9-21/h2-7H,8-11H2,1H3,(H,18,22)(H,17,19,20). The molecule has 1 aliphatic heterocycles. The van der Waals surface area contributed by atoms with E-state index in [-0.39, 0.29) is 5.91 Å². The Balaban J connectivity index is 1.68. The van der Waals surface area contributed by atoms with E-state index >= 15 is 0 Å². The van der Waals surface area contributed by atoms with E-state index in [4.69, 9.17) is 4.74 Å². The van der Waals surface area contributed by atoms with Crippen molar-refractivity contribution in [3.05, 3.63) is 36.5 Å². The van der Waals surface area contributed by atoms with Gasteiger partial charge in [0.1, 0.15) is 5.82 Å². The molecule has 2 aromatic rings. The molecule has 2 heterocycles. The topological polar surface area (TPSA) is 79.4 Å². The maximum absolute atomic E-state index is 11.0. The molecule has 1 fully saturated rings. The Morgan fingerprint density at radius 1 is 1.13 bits per heavy atom. The van der Waals surface area contributed by atoms with E-state index in [1.54, 1.807) is 6.20 Å². The Bertz CT molecular complexity index is 668. The van der Waals surface area contributed by atoms with E-state index in [0.29, 0.717) is 19.2 Å². The summed E-state index contributed by atoms with van der Waals surface area (Å²) < 4.78 is 5.34. The average Bonchev–Trinajstić information content (AvgIpc) is 2.57. The predicted octanol–water partition coefficient (Wildman–Crippen LogP) is 2.02. The number of carbonyl (C=O) groups excluding carboxylic acids is 1. The second-order valence-electron chi connectivity index (χ2n) is 5.22. The molecular weight excluding hydrogens is 294 g/mol. The number of carbonyl (C=O) groups is 1. The molecule has 1 aromatic carbocycles. The van der Waals surface area contributed by atoms with Crippen LogP contribution >= 0.6 is 0 Å². The van der Waals surface area contributed by atoms with Gasteiger partial charge in [0.2, 0.25) is 11.9 Å². The summed E-state index contributed by atoms with van der Waals surface area (Å²) in [7, 11) is 0. The fourth-order valence-electron chi connectivity index (χ4n) is 2.32. The van der Waals surface area contributed by atoms with Crippen molar-refractivity contribution in [1.82, 2.24) is 9.97 Å². The summed E-state index contributed by atoms with van der Waals surface area (Å²) in [5.41, 5.74) is 1.66. The summed E-state index contributed by atoms with van der Waals surface area (Å²) in [6, 6.07) is 9.29. The summed E-state index contributed by atoms with van der Waals surface area (Å²) in [4.78, 5) is 22.0. The maximum atomic E-state index is 11.0. The van der Waals surface area contributed by atoms with Gasteiger partial charge in [-0.15, -0.1) is 0 Å². The van der Waals surface area contributed by atoms with E-state index in [2.05, 4.69) is 25.5 Å². The van der Waals surface area contributed by atoms with E-state index in [9.17, 15) is 4.79 Å². The van der Waals surface area contributed by atoms with Crippen LogP contribution in [0, 0.1) is 0 Å². The average molecular weight is 313 g/mol. The Morgan fingerprint density at radius 2 is 1.83 bits per heavy atom. The third-order valence-corrected chi connectivity index (χ3v) is 3.41. The van der Waals surface area contributed by atoms with Gasteiger partial charge in [-0.1, -0.05) is 0 Å². The zero-order valence-electron chi connectivity index (χ0n) is 13.0. The van der Waals surface area contributed by atoms with Crippen LogP contribution in [-0.2, 0) is 9.53 Å². The van der Waals surface area contributed by atoms with Gasteiger partial charge in [-0.25, -0.2) is 4.98 Å². The summed E-state index contributed by atoms with van der Waals surface area (Å²) >= 11 is 0. The first kappa shape index (κ1) is 15.2. The van der Waals surface area contributed by atoms with E-state index in [1.807, 2.05) is 30.3 Å². The molecule has 0 spiro atoms. The van der Waals surface area contributed by atoms with Crippen LogP contribution in [0.2, 0.25) is 0 Å². The summed E-state index contributed by atoms with van der Waals surface area (Å²) in [6.45, 7) is 4.49. The second kappa shape index (κ2) is 7.06. The van der Waals surface area contributed by atoms with E-state index in [1.165, 1.54) is 6.92 Å². The fourth-order valence-corrected chi connectivity index (χ4v) is 2.32. The largest absolute Gasteiger partial charge is 0.378 e. The first-order valence-electron chi connectivity index (χ1n) is 7.51. The molecule has 0 unspecified atom stereocenters. The normalized spacial score (nSPS) is 14.4. The first-order chi connectivity index (χ1) is 11.2. The molecule has 1 aromatic heterocycles. The van der Waals surface area contributed by atoms with Crippen molar-refractivity contribution in [3.8, 4) is 0 Å². The molecule has 2 N–H and O–H groups in total. The summed E-state index contributed by atoms with van der Waals surface area (Å²) in [5.74, 6) is 1.35. The molecule has 7 nitrogen and oxygen atoms in total. The van der Waals surface area contributed by atoms with Gasteiger partial charge in [-0.2, -0.15) is 4.98 Å². The zero-order valence-corrected chi connectivity index (χ0v) is 13.0. The zero-order chi connectivity index (χ0) is 16.1. The second-order valence-corrected chi connectivity index (χ2v) is 5.22. The van der Waals surface area contributed by atoms with Gasteiger partial charge in [0, 0.05) is 37.6 Å². The lowest BCUT2D eigenvalue weighted by Gasteiger charge is -2.26. The Labute approximate surface area is 134 Å². The number of anilines is 4. The minimum Gasteiger partial charge on any atom is -0.378 e. The third-order valence-electron chi connectivity index (χ3n) is 3.41. The highest BCUT2D eigenvalue weighted by Crippen LogP contribution is 2.19. The maximum Gasteiger partial charge on any atom is 0.227 e. The highest BCUT2D eigenvalue weighted by molar-refractivity contribution is 5.88. The molecule has 0 bridgehead atoms. The third kappa shape index (κ3) is 4.17. The fraction of sp³-hybridized carbons (Fsp3) is 0.312. The molecule has 3 rings (SSSR count). The quantitative estimate of drug-likeness (QED) is 0.899. The van der Waals surface area contributed by atoms with Crippen LogP contribution in [0.4, 0.5) is 23.1 Å². The number of hydrogen-bond donors (Lipinski definition) is 2. The van der Waals surface area contributed by atoms with E-state index in [0.717, 1.165) is 30.3 Å². The monoisotopic (exact) mass is 313 g/mol. The van der Waals surface area contributed by atoms with Crippen molar-refractivity contribution in [1.29, 1.82) is 0 Å². The van der Waals surface area contributed by atoms with Gasteiger partial charge in [-0.3, -0.25) is 4.79 Å². The van der Waals surface area contributed by atoms with Crippen LogP contribution in [0.5, 0.6) is 0 Å². The number of hydrogen-bond acceptors (Lipinski definition) is 6. The van der Waals surface area contributed by atoms with Crippen molar-refractivity contribution in [2.24, 2.45) is 0 Å². The lowest BCUT2D eigenvalue weighted by molar-refractivity contribution is -0.114. The van der Waals surface area contributed by atoms with Crippen molar-refractivity contribution in [2.45, 2.75) is 6.92 Å². The van der Waals surface area contributed by atoms with Gasteiger partial charge in [0.05, 0.1) is 13.2 Å². The predicted molar refractivity (Wildman–Crippen MR) is 89.1 cm³/mol. The van der Waals surface area contributed by atoms with Crippen molar-refractivity contribution in [2.75, 3.05) is 41.8 Å². The van der Waals surface area contributed by atoms with Gasteiger partial charge in [0.25, 0.3) is 0 Å². The number of amides is 1. The van der Waals surface area contributed by atoms with Crippen LogP contribution < -0.4 is 15.5 Å². The Kier molecular flexibility index (Phi) is 4.68. The number of aromatic nitrogens is 2.